The van der Waals surface area contributed by atoms with Crippen LogP contribution < -0.4 is 14.8 Å². The summed E-state index contributed by atoms with van der Waals surface area (Å²) >= 11 is 0. The van der Waals surface area contributed by atoms with Gasteiger partial charge < -0.3 is 29.7 Å². The smallest absolute Gasteiger partial charge is 0.321 e. The summed E-state index contributed by atoms with van der Waals surface area (Å²) in [5.41, 5.74) is 2.70. The standard InChI is InChI=1S/C31H36N4O5/c1-21-18-35(22(2)20-36)30(37)27-15-24(14-13-23-9-6-5-7-10-23)17-32-29(27)40-28(21)19-34(3)31(38)33-25-11-8-12-26(16-25)39-4/h5-17,21-22,28,36H,18-20H2,1-4H3,(H,33,38)/b14-13+/t21-,22-,28+/m1/s1. The van der Waals surface area contributed by atoms with Crippen LogP contribution in [0, 0.1) is 5.92 Å². The Hall–Kier alpha value is -4.37. The maximum atomic E-state index is 13.6. The lowest BCUT2D eigenvalue weighted by Gasteiger charge is -2.37. The fourth-order valence-electron chi connectivity index (χ4n) is 4.46. The number of rotatable bonds is 8. The third kappa shape index (κ3) is 6.98. The number of ether oxygens (including phenoxy) is 2. The molecule has 1 aliphatic rings. The lowest BCUT2D eigenvalue weighted by Crippen LogP contribution is -2.50. The Morgan fingerprint density at radius 3 is 2.67 bits per heavy atom. The van der Waals surface area contributed by atoms with Crippen LogP contribution in [-0.2, 0) is 0 Å². The highest BCUT2D eigenvalue weighted by Gasteiger charge is 2.34. The highest BCUT2D eigenvalue weighted by molar-refractivity contribution is 5.97. The predicted octanol–water partition coefficient (Wildman–Crippen LogP) is 4.64. The number of likely N-dealkylation sites (N-methyl/N-ethyl adjacent to an activating group) is 1. The molecular weight excluding hydrogens is 508 g/mol. The van der Waals surface area contributed by atoms with Gasteiger partial charge in [0.2, 0.25) is 5.88 Å². The van der Waals surface area contributed by atoms with E-state index in [0.717, 1.165) is 11.1 Å². The first-order valence-electron chi connectivity index (χ1n) is 13.3. The number of urea groups is 1. The molecule has 1 aromatic heterocycles. The van der Waals surface area contributed by atoms with E-state index in [4.69, 9.17) is 9.47 Å². The fraction of sp³-hybridized carbons (Fsp3) is 0.323. The van der Waals surface area contributed by atoms with Crippen LogP contribution in [0.2, 0.25) is 0 Å². The van der Waals surface area contributed by atoms with Crippen molar-refractivity contribution in [3.8, 4) is 11.6 Å². The summed E-state index contributed by atoms with van der Waals surface area (Å²) in [7, 11) is 3.26. The first-order chi connectivity index (χ1) is 19.3. The number of hydrogen-bond donors (Lipinski definition) is 2. The van der Waals surface area contributed by atoms with Crippen molar-refractivity contribution in [2.24, 2.45) is 5.92 Å². The maximum absolute atomic E-state index is 13.6. The number of carbonyl (C=O) groups excluding carboxylic acids is 2. The quantitative estimate of drug-likeness (QED) is 0.428. The van der Waals surface area contributed by atoms with Gasteiger partial charge in [0.1, 0.15) is 17.4 Å². The molecule has 0 saturated heterocycles. The van der Waals surface area contributed by atoms with E-state index in [9.17, 15) is 14.7 Å². The van der Waals surface area contributed by atoms with Gasteiger partial charge in [-0.2, -0.15) is 0 Å². The summed E-state index contributed by atoms with van der Waals surface area (Å²) in [5.74, 6) is 0.432. The molecule has 3 atom stereocenters. The lowest BCUT2D eigenvalue weighted by atomic mass is 10.00. The van der Waals surface area contributed by atoms with Crippen LogP contribution in [0.25, 0.3) is 12.2 Å². The van der Waals surface area contributed by atoms with E-state index in [2.05, 4.69) is 10.3 Å². The van der Waals surface area contributed by atoms with E-state index in [1.54, 1.807) is 60.5 Å². The Morgan fingerprint density at radius 2 is 1.95 bits per heavy atom. The lowest BCUT2D eigenvalue weighted by molar-refractivity contribution is 0.0356. The Bertz CT molecular complexity index is 1350. The molecule has 3 aromatic rings. The van der Waals surface area contributed by atoms with Gasteiger partial charge in [-0.3, -0.25) is 4.79 Å². The molecule has 9 nitrogen and oxygen atoms in total. The van der Waals surface area contributed by atoms with Crippen molar-refractivity contribution in [1.82, 2.24) is 14.8 Å². The summed E-state index contributed by atoms with van der Waals surface area (Å²) in [6.07, 6.45) is 5.05. The van der Waals surface area contributed by atoms with Crippen molar-refractivity contribution in [2.45, 2.75) is 26.0 Å². The molecule has 0 radical (unpaired) electrons. The second kappa shape index (κ2) is 13.1. The number of amides is 3. The van der Waals surface area contributed by atoms with E-state index < -0.39 is 12.1 Å². The predicted molar refractivity (Wildman–Crippen MR) is 155 cm³/mol. The molecule has 2 N–H and O–H groups in total. The number of anilines is 1. The molecule has 9 heteroatoms. The summed E-state index contributed by atoms with van der Waals surface area (Å²) in [5, 5.41) is 12.8. The summed E-state index contributed by atoms with van der Waals surface area (Å²) in [6.45, 7) is 4.19. The summed E-state index contributed by atoms with van der Waals surface area (Å²) < 4.78 is 11.6. The SMILES string of the molecule is COc1cccc(NC(=O)N(C)C[C@@H]2Oc3ncc(/C=C/c4ccccc4)cc3C(=O)N([C@H](C)CO)C[C@H]2C)c1. The minimum absolute atomic E-state index is 0.155. The van der Waals surface area contributed by atoms with Gasteiger partial charge >= 0.3 is 6.03 Å². The zero-order chi connectivity index (χ0) is 28.6. The van der Waals surface area contributed by atoms with E-state index in [1.807, 2.05) is 56.3 Å². The van der Waals surface area contributed by atoms with Gasteiger partial charge in [0.15, 0.2) is 0 Å². The Balaban J connectivity index is 1.58. The number of fused-ring (bicyclic) bond motifs is 1. The van der Waals surface area contributed by atoms with Gasteiger partial charge in [-0.05, 0) is 36.2 Å². The van der Waals surface area contributed by atoms with Crippen LogP contribution in [0.4, 0.5) is 10.5 Å². The van der Waals surface area contributed by atoms with Crippen LogP contribution in [-0.4, -0.2) is 77.8 Å². The Kier molecular flexibility index (Phi) is 9.39. The zero-order valence-corrected chi connectivity index (χ0v) is 23.3. The van der Waals surface area contributed by atoms with Crippen LogP contribution in [0.5, 0.6) is 11.6 Å². The van der Waals surface area contributed by atoms with Crippen LogP contribution >= 0.6 is 0 Å². The van der Waals surface area contributed by atoms with Crippen molar-refractivity contribution in [1.29, 1.82) is 0 Å². The number of aliphatic hydroxyl groups is 1. The monoisotopic (exact) mass is 544 g/mol. The second-order valence-corrected chi connectivity index (χ2v) is 10.0. The van der Waals surface area contributed by atoms with Crippen molar-refractivity contribution in [2.75, 3.05) is 39.2 Å². The number of aromatic nitrogens is 1. The third-order valence-corrected chi connectivity index (χ3v) is 6.93. The third-order valence-electron chi connectivity index (χ3n) is 6.93. The van der Waals surface area contributed by atoms with Crippen molar-refractivity contribution >= 4 is 29.8 Å². The number of nitrogens with zero attached hydrogens (tertiary/aromatic N) is 3. The molecule has 0 unspecified atom stereocenters. The molecule has 4 rings (SSSR count). The summed E-state index contributed by atoms with van der Waals surface area (Å²) in [6, 6.07) is 18.0. The minimum atomic E-state index is -0.459. The molecule has 0 bridgehead atoms. The molecule has 3 amide bonds. The summed E-state index contributed by atoms with van der Waals surface area (Å²) in [4.78, 5) is 34.3. The molecule has 2 heterocycles. The fourth-order valence-corrected chi connectivity index (χ4v) is 4.46. The van der Waals surface area contributed by atoms with Crippen LogP contribution in [0.15, 0.2) is 66.9 Å². The van der Waals surface area contributed by atoms with E-state index in [0.29, 0.717) is 23.5 Å². The van der Waals surface area contributed by atoms with Gasteiger partial charge in [0.05, 0.1) is 26.3 Å². The number of methoxy groups -OCH3 is 1. The number of carbonyl (C=O) groups is 2. The van der Waals surface area contributed by atoms with Crippen molar-refractivity contribution < 1.29 is 24.2 Å². The van der Waals surface area contributed by atoms with Gasteiger partial charge in [0.25, 0.3) is 5.91 Å². The molecule has 0 saturated carbocycles. The molecule has 2 aromatic carbocycles. The molecule has 210 valence electrons. The van der Waals surface area contributed by atoms with E-state index in [1.165, 1.54) is 0 Å². The van der Waals surface area contributed by atoms with Crippen LogP contribution in [0.3, 0.4) is 0 Å². The first-order valence-corrected chi connectivity index (χ1v) is 13.3. The molecule has 0 fully saturated rings. The number of aliphatic hydroxyl groups excluding tert-OH is 1. The second-order valence-electron chi connectivity index (χ2n) is 10.0. The molecular formula is C31H36N4O5. The number of pyridine rings is 1. The van der Waals surface area contributed by atoms with Gasteiger partial charge in [-0.25, -0.2) is 9.78 Å². The minimum Gasteiger partial charge on any atom is -0.497 e. The number of benzene rings is 2. The number of hydrogen-bond acceptors (Lipinski definition) is 6. The normalized spacial score (nSPS) is 17.8. The average molecular weight is 545 g/mol. The van der Waals surface area contributed by atoms with Crippen molar-refractivity contribution in [3.63, 3.8) is 0 Å². The van der Waals surface area contributed by atoms with Gasteiger partial charge in [-0.1, -0.05) is 55.5 Å². The Labute approximate surface area is 235 Å². The first kappa shape index (κ1) is 28.6. The topological polar surface area (TPSA) is 104 Å². The molecule has 1 aliphatic heterocycles. The average Bonchev–Trinajstić information content (AvgIpc) is 2.98. The molecule has 0 aliphatic carbocycles. The van der Waals surface area contributed by atoms with E-state index >= 15 is 0 Å². The largest absolute Gasteiger partial charge is 0.497 e. The van der Waals surface area contributed by atoms with Gasteiger partial charge in [0, 0.05) is 37.5 Å². The van der Waals surface area contributed by atoms with Gasteiger partial charge in [-0.15, -0.1) is 0 Å². The van der Waals surface area contributed by atoms with Crippen LogP contribution in [0.1, 0.15) is 35.3 Å². The molecule has 40 heavy (non-hydrogen) atoms. The van der Waals surface area contributed by atoms with Crippen molar-refractivity contribution in [3.05, 3.63) is 83.6 Å². The number of nitrogens with one attached hydrogen (secondary N) is 1. The highest BCUT2D eigenvalue weighted by Crippen LogP contribution is 2.28. The maximum Gasteiger partial charge on any atom is 0.321 e. The zero-order valence-electron chi connectivity index (χ0n) is 23.3. The van der Waals surface area contributed by atoms with E-state index in [-0.39, 0.29) is 36.9 Å². The molecule has 0 spiro atoms. The Morgan fingerprint density at radius 1 is 1.20 bits per heavy atom. The highest BCUT2D eigenvalue weighted by atomic mass is 16.5.